The molecule has 0 amide bonds. The normalized spacial score (nSPS) is 16.1. The van der Waals surface area contributed by atoms with Gasteiger partial charge in [0.25, 0.3) is 0 Å². The molecule has 1 aromatic rings. The van der Waals surface area contributed by atoms with Crippen molar-refractivity contribution < 1.29 is 0 Å². The van der Waals surface area contributed by atoms with Crippen molar-refractivity contribution in [1.29, 1.82) is 0 Å². The van der Waals surface area contributed by atoms with Gasteiger partial charge in [0.15, 0.2) is 0 Å². The SMILES string of the molecule is CCCC(C)c1ccc(C(CC)CC(C)CC)cc1. The molecule has 3 atom stereocenters. The van der Waals surface area contributed by atoms with Crippen LogP contribution in [0.3, 0.4) is 0 Å². The Kier molecular flexibility index (Phi) is 7.20. The lowest BCUT2D eigenvalue weighted by Gasteiger charge is -2.20. The summed E-state index contributed by atoms with van der Waals surface area (Å²) in [5, 5.41) is 0. The second kappa shape index (κ2) is 8.40. The molecule has 0 aliphatic heterocycles. The molecule has 0 saturated heterocycles. The highest BCUT2D eigenvalue weighted by Gasteiger charge is 2.13. The second-order valence-electron chi connectivity index (χ2n) is 6.21. The van der Waals surface area contributed by atoms with Crippen LogP contribution >= 0.6 is 0 Å². The molecule has 0 aromatic heterocycles. The molecule has 108 valence electrons. The molecule has 3 unspecified atom stereocenters. The van der Waals surface area contributed by atoms with Crippen LogP contribution in [0.2, 0.25) is 0 Å². The summed E-state index contributed by atoms with van der Waals surface area (Å²) in [6.45, 7) is 11.6. The van der Waals surface area contributed by atoms with E-state index in [9.17, 15) is 0 Å². The fraction of sp³-hybridized carbons (Fsp3) is 0.684. The van der Waals surface area contributed by atoms with Gasteiger partial charge >= 0.3 is 0 Å². The first-order chi connectivity index (χ1) is 9.12. The average Bonchev–Trinajstić information content (AvgIpc) is 2.45. The minimum absolute atomic E-state index is 0.702. The van der Waals surface area contributed by atoms with Gasteiger partial charge in [0.1, 0.15) is 0 Å². The fourth-order valence-electron chi connectivity index (χ4n) is 2.89. The van der Waals surface area contributed by atoms with Crippen LogP contribution in [0, 0.1) is 5.92 Å². The Morgan fingerprint density at radius 2 is 1.42 bits per heavy atom. The second-order valence-corrected chi connectivity index (χ2v) is 6.21. The molecule has 0 saturated carbocycles. The van der Waals surface area contributed by atoms with E-state index in [-0.39, 0.29) is 0 Å². The van der Waals surface area contributed by atoms with Crippen molar-refractivity contribution in [2.24, 2.45) is 5.92 Å². The third-order valence-corrected chi connectivity index (χ3v) is 4.58. The molecule has 0 N–H and O–H groups in total. The summed E-state index contributed by atoms with van der Waals surface area (Å²) in [5.41, 5.74) is 3.04. The maximum Gasteiger partial charge on any atom is -0.0162 e. The molecule has 0 aliphatic carbocycles. The number of rotatable bonds is 8. The third-order valence-electron chi connectivity index (χ3n) is 4.58. The van der Waals surface area contributed by atoms with Gasteiger partial charge in [0, 0.05) is 0 Å². The largest absolute Gasteiger partial charge is 0.0654 e. The van der Waals surface area contributed by atoms with Crippen molar-refractivity contribution >= 4 is 0 Å². The Hall–Kier alpha value is -0.780. The van der Waals surface area contributed by atoms with Crippen LogP contribution in [0.1, 0.15) is 89.7 Å². The lowest BCUT2D eigenvalue weighted by atomic mass is 9.85. The summed E-state index contributed by atoms with van der Waals surface area (Å²) in [5.74, 6) is 2.28. The zero-order chi connectivity index (χ0) is 14.3. The van der Waals surface area contributed by atoms with Crippen molar-refractivity contribution in [2.45, 2.75) is 78.6 Å². The van der Waals surface area contributed by atoms with Gasteiger partial charge in [0.2, 0.25) is 0 Å². The monoisotopic (exact) mass is 260 g/mol. The molecule has 0 aliphatic rings. The summed E-state index contributed by atoms with van der Waals surface area (Å²) in [4.78, 5) is 0. The molecule has 0 spiro atoms. The first kappa shape index (κ1) is 16.3. The summed E-state index contributed by atoms with van der Waals surface area (Å²) in [6.07, 6.45) is 6.45. The standard InChI is InChI=1S/C19H32/c1-6-9-16(5)18-10-12-19(13-11-18)17(8-3)14-15(4)7-2/h10-13,15-17H,6-9,14H2,1-5H3. The summed E-state index contributed by atoms with van der Waals surface area (Å²) >= 11 is 0. The van der Waals surface area contributed by atoms with Gasteiger partial charge in [-0.05, 0) is 48.1 Å². The van der Waals surface area contributed by atoms with Crippen molar-refractivity contribution in [3.63, 3.8) is 0 Å². The lowest BCUT2D eigenvalue weighted by Crippen LogP contribution is -2.04. The van der Waals surface area contributed by atoms with Crippen LogP contribution in [0.4, 0.5) is 0 Å². The Labute approximate surface area is 120 Å². The molecular formula is C19H32. The van der Waals surface area contributed by atoms with Gasteiger partial charge in [-0.2, -0.15) is 0 Å². The van der Waals surface area contributed by atoms with E-state index >= 15 is 0 Å². The molecule has 19 heavy (non-hydrogen) atoms. The van der Waals surface area contributed by atoms with Crippen LogP contribution in [0.15, 0.2) is 24.3 Å². The molecule has 1 rings (SSSR count). The Bertz CT molecular complexity index is 336. The highest BCUT2D eigenvalue weighted by atomic mass is 14.2. The van der Waals surface area contributed by atoms with E-state index in [1.165, 1.54) is 43.2 Å². The first-order valence-electron chi connectivity index (χ1n) is 8.22. The molecule has 0 heterocycles. The molecular weight excluding hydrogens is 228 g/mol. The molecule has 0 bridgehead atoms. The molecule has 0 radical (unpaired) electrons. The quantitative estimate of drug-likeness (QED) is 0.499. The van der Waals surface area contributed by atoms with Crippen LogP contribution in [-0.2, 0) is 0 Å². The van der Waals surface area contributed by atoms with Crippen molar-refractivity contribution in [1.82, 2.24) is 0 Å². The minimum Gasteiger partial charge on any atom is -0.0654 e. The van der Waals surface area contributed by atoms with Crippen LogP contribution in [-0.4, -0.2) is 0 Å². The summed E-state index contributed by atoms with van der Waals surface area (Å²) in [7, 11) is 0. The average molecular weight is 260 g/mol. The molecule has 1 aromatic carbocycles. The summed E-state index contributed by atoms with van der Waals surface area (Å²) < 4.78 is 0. The van der Waals surface area contributed by atoms with Gasteiger partial charge in [-0.15, -0.1) is 0 Å². The number of benzene rings is 1. The fourth-order valence-corrected chi connectivity index (χ4v) is 2.89. The van der Waals surface area contributed by atoms with Gasteiger partial charge in [-0.25, -0.2) is 0 Å². The van der Waals surface area contributed by atoms with Crippen LogP contribution in [0.5, 0.6) is 0 Å². The Morgan fingerprint density at radius 3 is 1.89 bits per heavy atom. The topological polar surface area (TPSA) is 0 Å². The smallest absolute Gasteiger partial charge is 0.0162 e. The molecule has 0 heteroatoms. The van der Waals surface area contributed by atoms with E-state index in [1.54, 1.807) is 0 Å². The van der Waals surface area contributed by atoms with E-state index in [0.717, 1.165) is 11.8 Å². The van der Waals surface area contributed by atoms with Crippen molar-refractivity contribution in [3.8, 4) is 0 Å². The number of hydrogen-bond acceptors (Lipinski definition) is 0. The first-order valence-corrected chi connectivity index (χ1v) is 8.22. The zero-order valence-corrected chi connectivity index (χ0v) is 13.6. The zero-order valence-electron chi connectivity index (χ0n) is 13.6. The minimum atomic E-state index is 0.702. The van der Waals surface area contributed by atoms with E-state index in [4.69, 9.17) is 0 Å². The Balaban J connectivity index is 2.72. The van der Waals surface area contributed by atoms with Crippen LogP contribution in [0.25, 0.3) is 0 Å². The number of hydrogen-bond donors (Lipinski definition) is 0. The predicted molar refractivity (Wildman–Crippen MR) is 86.9 cm³/mol. The highest BCUT2D eigenvalue weighted by molar-refractivity contribution is 5.27. The maximum atomic E-state index is 2.38. The van der Waals surface area contributed by atoms with Gasteiger partial charge < -0.3 is 0 Å². The van der Waals surface area contributed by atoms with Gasteiger partial charge in [0.05, 0.1) is 0 Å². The van der Waals surface area contributed by atoms with E-state index in [2.05, 4.69) is 58.9 Å². The van der Waals surface area contributed by atoms with Crippen molar-refractivity contribution in [3.05, 3.63) is 35.4 Å². The maximum absolute atomic E-state index is 2.38. The lowest BCUT2D eigenvalue weighted by molar-refractivity contribution is 0.446. The van der Waals surface area contributed by atoms with Crippen molar-refractivity contribution in [2.75, 3.05) is 0 Å². The molecule has 0 nitrogen and oxygen atoms in total. The Morgan fingerprint density at radius 1 is 0.842 bits per heavy atom. The molecule has 0 fully saturated rings. The highest BCUT2D eigenvalue weighted by Crippen LogP contribution is 2.30. The third kappa shape index (κ3) is 5.01. The van der Waals surface area contributed by atoms with Crippen LogP contribution < -0.4 is 0 Å². The summed E-state index contributed by atoms with van der Waals surface area (Å²) in [6, 6.07) is 9.46. The van der Waals surface area contributed by atoms with E-state index in [1.807, 2.05) is 0 Å². The van der Waals surface area contributed by atoms with Gasteiger partial charge in [-0.3, -0.25) is 0 Å². The van der Waals surface area contributed by atoms with E-state index in [0.29, 0.717) is 5.92 Å². The van der Waals surface area contributed by atoms with E-state index < -0.39 is 0 Å². The predicted octanol–water partition coefficient (Wildman–Crippen LogP) is 6.52. The van der Waals surface area contributed by atoms with Gasteiger partial charge in [-0.1, -0.05) is 71.7 Å².